The number of hydrogen-bond acceptors (Lipinski definition) is 3. The van der Waals surface area contributed by atoms with Gasteiger partial charge in [-0.25, -0.2) is 8.42 Å². The lowest BCUT2D eigenvalue weighted by molar-refractivity contribution is 0.0773. The van der Waals surface area contributed by atoms with Gasteiger partial charge in [0.05, 0.1) is 10.6 Å². The normalized spacial score (nSPS) is 11.1. The largest absolute Gasteiger partial charge is 0.339 e. The van der Waals surface area contributed by atoms with Gasteiger partial charge in [0.25, 0.3) is 15.9 Å². The van der Waals surface area contributed by atoms with Crippen LogP contribution >= 0.6 is 11.6 Å². The maximum Gasteiger partial charge on any atom is 0.261 e. The van der Waals surface area contributed by atoms with Crippen molar-refractivity contribution >= 4 is 33.2 Å². The molecule has 128 valence electrons. The topological polar surface area (TPSA) is 66.5 Å². The molecule has 2 rings (SSSR count). The quantitative estimate of drug-likeness (QED) is 0.849. The maximum absolute atomic E-state index is 12.4. The number of hydrogen-bond donors (Lipinski definition) is 1. The van der Waals surface area contributed by atoms with Gasteiger partial charge in [0.1, 0.15) is 0 Å². The Kier molecular flexibility index (Phi) is 5.85. The van der Waals surface area contributed by atoms with E-state index in [-0.39, 0.29) is 10.8 Å². The molecule has 0 aliphatic rings. The van der Waals surface area contributed by atoms with Gasteiger partial charge >= 0.3 is 0 Å². The number of anilines is 1. The molecule has 0 bridgehead atoms. The van der Waals surface area contributed by atoms with Crippen molar-refractivity contribution in [2.75, 3.05) is 17.8 Å². The zero-order chi connectivity index (χ0) is 17.7. The van der Waals surface area contributed by atoms with Gasteiger partial charge in [-0.3, -0.25) is 9.52 Å². The molecule has 0 aliphatic heterocycles. The van der Waals surface area contributed by atoms with Crippen LogP contribution in [0.2, 0.25) is 5.02 Å². The first-order chi connectivity index (χ1) is 11.4. The van der Waals surface area contributed by atoms with Gasteiger partial charge < -0.3 is 4.90 Å². The second-order valence-electron chi connectivity index (χ2n) is 5.12. The van der Waals surface area contributed by atoms with Crippen LogP contribution in [-0.4, -0.2) is 32.3 Å². The molecule has 5 nitrogen and oxygen atoms in total. The van der Waals surface area contributed by atoms with Crippen molar-refractivity contribution in [1.29, 1.82) is 0 Å². The van der Waals surface area contributed by atoms with Crippen molar-refractivity contribution in [2.45, 2.75) is 18.7 Å². The van der Waals surface area contributed by atoms with Crippen LogP contribution in [0, 0.1) is 0 Å². The summed E-state index contributed by atoms with van der Waals surface area (Å²) in [6.45, 7) is 5.00. The van der Waals surface area contributed by atoms with Crippen LogP contribution in [0.3, 0.4) is 0 Å². The number of nitrogens with one attached hydrogen (secondary N) is 1. The molecule has 7 heteroatoms. The molecule has 0 atom stereocenters. The maximum atomic E-state index is 12.4. The predicted octanol–water partition coefficient (Wildman–Crippen LogP) is 3.62. The van der Waals surface area contributed by atoms with Gasteiger partial charge in [-0.05, 0) is 56.3 Å². The first-order valence-corrected chi connectivity index (χ1v) is 9.41. The fourth-order valence-electron chi connectivity index (χ4n) is 2.24. The Balaban J connectivity index is 2.21. The van der Waals surface area contributed by atoms with Gasteiger partial charge in [0.15, 0.2) is 0 Å². The van der Waals surface area contributed by atoms with Gasteiger partial charge in [-0.15, -0.1) is 0 Å². The van der Waals surface area contributed by atoms with Crippen LogP contribution < -0.4 is 4.72 Å². The molecule has 0 heterocycles. The van der Waals surface area contributed by atoms with Gasteiger partial charge in [-0.2, -0.15) is 0 Å². The van der Waals surface area contributed by atoms with E-state index in [1.165, 1.54) is 30.3 Å². The third-order valence-electron chi connectivity index (χ3n) is 3.54. The smallest absolute Gasteiger partial charge is 0.261 e. The summed E-state index contributed by atoms with van der Waals surface area (Å²) in [5, 5.41) is 0.440. The van der Waals surface area contributed by atoms with Gasteiger partial charge in [0, 0.05) is 23.7 Å². The van der Waals surface area contributed by atoms with Crippen LogP contribution in [-0.2, 0) is 10.0 Å². The molecule has 2 aromatic rings. The number of amides is 1. The van der Waals surface area contributed by atoms with Crippen molar-refractivity contribution in [2.24, 2.45) is 0 Å². The average Bonchev–Trinajstić information content (AvgIpc) is 2.55. The SMILES string of the molecule is CCN(CC)C(=O)c1ccc(S(=O)(=O)Nc2cccc(Cl)c2)cc1. The van der Waals surface area contributed by atoms with Crippen molar-refractivity contribution in [3.05, 3.63) is 59.1 Å². The van der Waals surface area contributed by atoms with Crippen molar-refractivity contribution in [3.8, 4) is 0 Å². The number of sulfonamides is 1. The Bertz CT molecular complexity index is 816. The fraction of sp³-hybridized carbons (Fsp3) is 0.235. The Labute approximate surface area is 147 Å². The van der Waals surface area contributed by atoms with Crippen molar-refractivity contribution in [3.63, 3.8) is 0 Å². The molecule has 24 heavy (non-hydrogen) atoms. The molecule has 0 saturated heterocycles. The van der Waals surface area contributed by atoms with E-state index in [1.807, 2.05) is 13.8 Å². The molecule has 2 aromatic carbocycles. The van der Waals surface area contributed by atoms with E-state index in [2.05, 4.69) is 4.72 Å². The Morgan fingerprint density at radius 2 is 1.71 bits per heavy atom. The van der Waals surface area contributed by atoms with E-state index in [1.54, 1.807) is 23.1 Å². The Morgan fingerprint density at radius 1 is 1.08 bits per heavy atom. The number of carbonyl (C=O) groups is 1. The second kappa shape index (κ2) is 7.68. The zero-order valence-corrected chi connectivity index (χ0v) is 15.1. The van der Waals surface area contributed by atoms with E-state index in [9.17, 15) is 13.2 Å². The summed E-state index contributed by atoms with van der Waals surface area (Å²) in [6, 6.07) is 12.3. The lowest BCUT2D eigenvalue weighted by Gasteiger charge is -2.18. The van der Waals surface area contributed by atoms with Crippen LogP contribution in [0.4, 0.5) is 5.69 Å². The van der Waals surface area contributed by atoms with Gasteiger partial charge in [0.2, 0.25) is 0 Å². The molecular formula is C17H19ClN2O3S. The van der Waals surface area contributed by atoms with E-state index < -0.39 is 10.0 Å². The molecular weight excluding hydrogens is 348 g/mol. The van der Waals surface area contributed by atoms with Crippen LogP contribution in [0.5, 0.6) is 0 Å². The fourth-order valence-corrected chi connectivity index (χ4v) is 3.48. The molecule has 0 aromatic heterocycles. The molecule has 0 spiro atoms. The Hall–Kier alpha value is -2.05. The van der Waals surface area contributed by atoms with Gasteiger partial charge in [-0.1, -0.05) is 17.7 Å². The molecule has 0 radical (unpaired) electrons. The highest BCUT2D eigenvalue weighted by Gasteiger charge is 2.17. The average molecular weight is 367 g/mol. The molecule has 0 fully saturated rings. The number of carbonyl (C=O) groups excluding carboxylic acids is 1. The molecule has 0 unspecified atom stereocenters. The monoisotopic (exact) mass is 366 g/mol. The standard InChI is InChI=1S/C17H19ClN2O3S/c1-3-20(4-2)17(21)13-8-10-16(11-9-13)24(22,23)19-15-7-5-6-14(18)12-15/h5-12,19H,3-4H2,1-2H3. The Morgan fingerprint density at radius 3 is 2.25 bits per heavy atom. The minimum atomic E-state index is -3.74. The number of benzene rings is 2. The lowest BCUT2D eigenvalue weighted by Crippen LogP contribution is -2.30. The van der Waals surface area contributed by atoms with Crippen molar-refractivity contribution in [1.82, 2.24) is 4.90 Å². The second-order valence-corrected chi connectivity index (χ2v) is 7.24. The van der Waals surface area contributed by atoms with Crippen LogP contribution in [0.25, 0.3) is 0 Å². The summed E-state index contributed by atoms with van der Waals surface area (Å²) < 4.78 is 27.2. The first-order valence-electron chi connectivity index (χ1n) is 7.55. The highest BCUT2D eigenvalue weighted by atomic mass is 35.5. The molecule has 1 N–H and O–H groups in total. The lowest BCUT2D eigenvalue weighted by atomic mass is 10.2. The summed E-state index contributed by atoms with van der Waals surface area (Å²) >= 11 is 5.86. The molecule has 1 amide bonds. The van der Waals surface area contributed by atoms with Crippen molar-refractivity contribution < 1.29 is 13.2 Å². The summed E-state index contributed by atoms with van der Waals surface area (Å²) in [5.41, 5.74) is 0.839. The highest BCUT2D eigenvalue weighted by Crippen LogP contribution is 2.20. The summed E-state index contributed by atoms with van der Waals surface area (Å²) in [7, 11) is -3.74. The third kappa shape index (κ3) is 4.27. The minimum absolute atomic E-state index is 0.0820. The number of halogens is 1. The molecule has 0 saturated carbocycles. The molecule has 0 aliphatic carbocycles. The summed E-state index contributed by atoms with van der Waals surface area (Å²) in [5.74, 6) is -0.119. The van der Waals surface area contributed by atoms with Crippen LogP contribution in [0.1, 0.15) is 24.2 Å². The van der Waals surface area contributed by atoms with E-state index in [4.69, 9.17) is 11.6 Å². The summed E-state index contributed by atoms with van der Waals surface area (Å²) in [6.07, 6.45) is 0. The number of nitrogens with zero attached hydrogens (tertiary/aromatic N) is 1. The van der Waals surface area contributed by atoms with E-state index in [0.29, 0.717) is 29.4 Å². The minimum Gasteiger partial charge on any atom is -0.339 e. The van der Waals surface area contributed by atoms with Crippen LogP contribution in [0.15, 0.2) is 53.4 Å². The van der Waals surface area contributed by atoms with E-state index >= 15 is 0 Å². The summed E-state index contributed by atoms with van der Waals surface area (Å²) in [4.78, 5) is 14.0. The zero-order valence-electron chi connectivity index (χ0n) is 13.5. The predicted molar refractivity (Wildman–Crippen MR) is 96.0 cm³/mol. The third-order valence-corrected chi connectivity index (χ3v) is 5.17. The number of rotatable bonds is 6. The highest BCUT2D eigenvalue weighted by molar-refractivity contribution is 7.92. The van der Waals surface area contributed by atoms with E-state index in [0.717, 1.165) is 0 Å². The first kappa shape index (κ1) is 18.3.